The highest BCUT2D eigenvalue weighted by molar-refractivity contribution is 5.82. The first kappa shape index (κ1) is 16.3. The highest BCUT2D eigenvalue weighted by Crippen LogP contribution is 2.22. The second-order valence-corrected chi connectivity index (χ2v) is 5.95. The molecule has 0 spiro atoms. The minimum Gasteiger partial charge on any atom is -0.384 e. The predicted molar refractivity (Wildman–Crippen MR) is 87.3 cm³/mol. The summed E-state index contributed by atoms with van der Waals surface area (Å²) < 4.78 is 0. The van der Waals surface area contributed by atoms with Gasteiger partial charge in [0.05, 0.1) is 0 Å². The van der Waals surface area contributed by atoms with E-state index < -0.39 is 0 Å². The number of likely N-dealkylation sites (tertiary alicyclic amines) is 1. The van der Waals surface area contributed by atoms with Crippen LogP contribution in [0.5, 0.6) is 0 Å². The number of nitrogens with zero attached hydrogens (tertiary/aromatic N) is 2. The van der Waals surface area contributed by atoms with Crippen molar-refractivity contribution in [3.8, 4) is 0 Å². The molecule has 22 heavy (non-hydrogen) atoms. The zero-order valence-corrected chi connectivity index (χ0v) is 13.4. The molecule has 120 valence electrons. The van der Waals surface area contributed by atoms with Crippen molar-refractivity contribution in [2.75, 3.05) is 6.61 Å². The Morgan fingerprint density at radius 1 is 1.27 bits per heavy atom. The number of amides is 1. The van der Waals surface area contributed by atoms with Crippen LogP contribution in [-0.4, -0.2) is 35.3 Å². The molecule has 2 N–H and O–H groups in total. The summed E-state index contributed by atoms with van der Waals surface area (Å²) in [6.07, 6.45) is 3.80. The third-order valence-corrected chi connectivity index (χ3v) is 4.08. The highest BCUT2D eigenvalue weighted by atomic mass is 16.6. The van der Waals surface area contributed by atoms with Gasteiger partial charge in [0.2, 0.25) is 0 Å². The van der Waals surface area contributed by atoms with Crippen molar-refractivity contribution in [1.82, 2.24) is 4.90 Å². The van der Waals surface area contributed by atoms with E-state index in [1.54, 1.807) is 0 Å². The molecule has 1 aliphatic rings. The monoisotopic (exact) mass is 303 g/mol. The smallest absolute Gasteiger partial charge is 0.263 e. The van der Waals surface area contributed by atoms with Gasteiger partial charge < -0.3 is 15.5 Å². The van der Waals surface area contributed by atoms with E-state index in [-0.39, 0.29) is 24.6 Å². The SMILES string of the molecule is CC1CCCC(C)N1C(=O)CO/N=C(/N)Cc1ccccc1. The molecule has 1 amide bonds. The maximum atomic E-state index is 12.2. The predicted octanol–water partition coefficient (Wildman–Crippen LogP) is 2.31. The zero-order valence-electron chi connectivity index (χ0n) is 13.4. The van der Waals surface area contributed by atoms with Crippen LogP contribution < -0.4 is 5.73 Å². The molecule has 5 nitrogen and oxygen atoms in total. The van der Waals surface area contributed by atoms with Gasteiger partial charge in [0.15, 0.2) is 6.61 Å². The van der Waals surface area contributed by atoms with Gasteiger partial charge in [-0.25, -0.2) is 0 Å². The molecule has 1 saturated heterocycles. The average Bonchev–Trinajstić information content (AvgIpc) is 2.48. The Morgan fingerprint density at radius 3 is 2.55 bits per heavy atom. The van der Waals surface area contributed by atoms with Gasteiger partial charge in [-0.3, -0.25) is 4.79 Å². The van der Waals surface area contributed by atoms with Gasteiger partial charge in [0.25, 0.3) is 5.91 Å². The maximum Gasteiger partial charge on any atom is 0.263 e. The fourth-order valence-corrected chi connectivity index (χ4v) is 3.00. The quantitative estimate of drug-likeness (QED) is 0.515. The average molecular weight is 303 g/mol. The van der Waals surface area contributed by atoms with Crippen LogP contribution in [0.15, 0.2) is 35.5 Å². The summed E-state index contributed by atoms with van der Waals surface area (Å²) in [6, 6.07) is 10.3. The second kappa shape index (κ2) is 7.82. The van der Waals surface area contributed by atoms with Crippen LogP contribution in [0.25, 0.3) is 0 Å². The standard InChI is InChI=1S/C17H25N3O2/c1-13-7-6-8-14(2)20(13)17(21)12-22-19-16(18)11-15-9-4-3-5-10-15/h3-5,9-10,13-14H,6-8,11-12H2,1-2H3,(H2,18,19). The van der Waals surface area contributed by atoms with E-state index in [0.29, 0.717) is 12.3 Å². The molecule has 1 aromatic carbocycles. The summed E-state index contributed by atoms with van der Waals surface area (Å²) in [5.41, 5.74) is 6.89. The Kier molecular flexibility index (Phi) is 5.81. The molecule has 1 aliphatic heterocycles. The molecular weight excluding hydrogens is 278 g/mol. The number of carbonyl (C=O) groups excluding carboxylic acids is 1. The maximum absolute atomic E-state index is 12.2. The van der Waals surface area contributed by atoms with Crippen LogP contribution in [0, 0.1) is 0 Å². The summed E-state index contributed by atoms with van der Waals surface area (Å²) in [7, 11) is 0. The number of amidine groups is 1. The lowest BCUT2D eigenvalue weighted by Crippen LogP contribution is -2.48. The van der Waals surface area contributed by atoms with Crippen molar-refractivity contribution in [2.24, 2.45) is 10.9 Å². The largest absolute Gasteiger partial charge is 0.384 e. The summed E-state index contributed by atoms with van der Waals surface area (Å²) in [6.45, 7) is 4.12. The second-order valence-electron chi connectivity index (χ2n) is 5.95. The van der Waals surface area contributed by atoms with Crippen LogP contribution in [0.4, 0.5) is 0 Å². The van der Waals surface area contributed by atoms with Gasteiger partial charge in [-0.1, -0.05) is 35.5 Å². The Morgan fingerprint density at radius 2 is 1.91 bits per heavy atom. The first-order valence-electron chi connectivity index (χ1n) is 7.87. The molecule has 0 aromatic heterocycles. The third kappa shape index (κ3) is 4.48. The minimum atomic E-state index is -0.0514. The Bertz CT molecular complexity index is 506. The lowest BCUT2D eigenvalue weighted by Gasteiger charge is -2.38. The van der Waals surface area contributed by atoms with Crippen molar-refractivity contribution in [2.45, 2.75) is 51.6 Å². The van der Waals surface area contributed by atoms with Crippen molar-refractivity contribution in [3.05, 3.63) is 35.9 Å². The van der Waals surface area contributed by atoms with Crippen molar-refractivity contribution in [1.29, 1.82) is 0 Å². The molecule has 2 rings (SSSR count). The van der Waals surface area contributed by atoms with Crippen LogP contribution in [0.2, 0.25) is 0 Å². The van der Waals surface area contributed by atoms with E-state index in [2.05, 4.69) is 19.0 Å². The minimum absolute atomic E-state index is 0.0176. The summed E-state index contributed by atoms with van der Waals surface area (Å²) in [5.74, 6) is 0.356. The summed E-state index contributed by atoms with van der Waals surface area (Å²) in [5, 5.41) is 3.85. The number of hydrogen-bond donors (Lipinski definition) is 1. The van der Waals surface area contributed by atoms with Crippen molar-refractivity contribution >= 4 is 11.7 Å². The van der Waals surface area contributed by atoms with E-state index >= 15 is 0 Å². The number of piperidine rings is 1. The van der Waals surface area contributed by atoms with Gasteiger partial charge in [-0.2, -0.15) is 0 Å². The molecule has 0 radical (unpaired) electrons. The number of carbonyl (C=O) groups is 1. The molecular formula is C17H25N3O2. The van der Waals surface area contributed by atoms with Gasteiger partial charge in [-0.15, -0.1) is 0 Å². The van der Waals surface area contributed by atoms with Gasteiger partial charge in [0.1, 0.15) is 5.84 Å². The van der Waals surface area contributed by atoms with Crippen molar-refractivity contribution in [3.63, 3.8) is 0 Å². The van der Waals surface area contributed by atoms with E-state index in [1.807, 2.05) is 35.2 Å². The molecule has 2 unspecified atom stereocenters. The summed E-state index contributed by atoms with van der Waals surface area (Å²) in [4.78, 5) is 19.3. The molecule has 2 atom stereocenters. The normalized spacial score (nSPS) is 22.5. The molecule has 5 heteroatoms. The fraction of sp³-hybridized carbons (Fsp3) is 0.529. The van der Waals surface area contributed by atoms with Crippen LogP contribution in [-0.2, 0) is 16.1 Å². The highest BCUT2D eigenvalue weighted by Gasteiger charge is 2.28. The summed E-state index contributed by atoms with van der Waals surface area (Å²) >= 11 is 0. The van der Waals surface area contributed by atoms with E-state index in [0.717, 1.165) is 18.4 Å². The Hall–Kier alpha value is -2.04. The number of rotatable bonds is 5. The molecule has 1 heterocycles. The van der Waals surface area contributed by atoms with Crippen LogP contribution >= 0.6 is 0 Å². The molecule has 0 bridgehead atoms. The number of nitrogens with two attached hydrogens (primary N) is 1. The van der Waals surface area contributed by atoms with Crippen molar-refractivity contribution < 1.29 is 9.63 Å². The lowest BCUT2D eigenvalue weighted by atomic mass is 9.97. The first-order valence-corrected chi connectivity index (χ1v) is 7.87. The number of oxime groups is 1. The van der Waals surface area contributed by atoms with Gasteiger partial charge >= 0.3 is 0 Å². The van der Waals surface area contributed by atoms with Gasteiger partial charge in [-0.05, 0) is 38.7 Å². The first-order chi connectivity index (χ1) is 10.6. The Balaban J connectivity index is 1.81. The third-order valence-electron chi connectivity index (χ3n) is 4.08. The van der Waals surface area contributed by atoms with Gasteiger partial charge in [0, 0.05) is 18.5 Å². The topological polar surface area (TPSA) is 67.9 Å². The number of benzene rings is 1. The van der Waals surface area contributed by atoms with E-state index in [9.17, 15) is 4.79 Å². The molecule has 0 saturated carbocycles. The van der Waals surface area contributed by atoms with Crippen LogP contribution in [0.1, 0.15) is 38.7 Å². The zero-order chi connectivity index (χ0) is 15.9. The lowest BCUT2D eigenvalue weighted by molar-refractivity contribution is -0.142. The number of hydrogen-bond acceptors (Lipinski definition) is 3. The molecule has 1 fully saturated rings. The fourth-order valence-electron chi connectivity index (χ4n) is 3.00. The van der Waals surface area contributed by atoms with Crippen LogP contribution in [0.3, 0.4) is 0 Å². The molecule has 1 aromatic rings. The van der Waals surface area contributed by atoms with E-state index in [1.165, 1.54) is 6.42 Å². The molecule has 0 aliphatic carbocycles. The Labute approximate surface area is 132 Å². The van der Waals surface area contributed by atoms with E-state index in [4.69, 9.17) is 10.6 Å².